The van der Waals surface area contributed by atoms with Gasteiger partial charge in [-0.05, 0) is 54.6 Å². The number of para-hydroxylation sites is 1. The summed E-state index contributed by atoms with van der Waals surface area (Å²) in [5, 5.41) is 6.90. The molecule has 1 heterocycles. The number of aromatic nitrogens is 3. The first kappa shape index (κ1) is 19.1. The Labute approximate surface area is 173 Å². The molecule has 0 atom stereocenters. The van der Waals surface area contributed by atoms with E-state index in [9.17, 15) is 9.59 Å². The molecule has 0 saturated carbocycles. The number of anilines is 2. The molecule has 0 fully saturated rings. The van der Waals surface area contributed by atoms with Crippen LogP contribution in [0.2, 0.25) is 0 Å². The maximum absolute atomic E-state index is 12.8. The molecule has 0 unspecified atom stereocenters. The normalized spacial score (nSPS) is 10.4. The van der Waals surface area contributed by atoms with Crippen molar-refractivity contribution in [2.45, 2.75) is 0 Å². The van der Waals surface area contributed by atoms with Crippen LogP contribution in [0.15, 0.2) is 91.5 Å². The van der Waals surface area contributed by atoms with Gasteiger partial charge in [0.05, 0.1) is 5.69 Å². The topological polar surface area (TPSA) is 80.1 Å². The average Bonchev–Trinajstić information content (AvgIpc) is 3.34. The molecule has 0 radical (unpaired) electrons. The van der Waals surface area contributed by atoms with Gasteiger partial charge in [-0.3, -0.25) is 9.59 Å². The molecule has 0 aliphatic heterocycles. The maximum atomic E-state index is 12.8. The largest absolute Gasteiger partial charge is 0.322 e. The second kappa shape index (κ2) is 8.40. The molecule has 4 rings (SSSR count). The summed E-state index contributed by atoms with van der Waals surface area (Å²) in [5.41, 5.74) is 3.13. The van der Waals surface area contributed by atoms with E-state index in [0.29, 0.717) is 16.8 Å². The molecule has 148 valence electrons. The second-order valence-corrected chi connectivity index (χ2v) is 6.62. The Bertz CT molecular complexity index is 1160. The van der Waals surface area contributed by atoms with Crippen LogP contribution in [0.3, 0.4) is 0 Å². The van der Waals surface area contributed by atoms with Crippen LogP contribution in [0.5, 0.6) is 0 Å². The summed E-state index contributed by atoms with van der Waals surface area (Å²) in [4.78, 5) is 30.9. The predicted octanol–water partition coefficient (Wildman–Crippen LogP) is 3.80. The van der Waals surface area contributed by atoms with Crippen LogP contribution in [0.1, 0.15) is 20.7 Å². The molecule has 0 bridgehead atoms. The van der Waals surface area contributed by atoms with Crippen LogP contribution in [0.4, 0.5) is 11.4 Å². The van der Waals surface area contributed by atoms with E-state index in [-0.39, 0.29) is 11.8 Å². The third kappa shape index (κ3) is 4.10. The molecule has 3 aromatic carbocycles. The van der Waals surface area contributed by atoms with Crippen molar-refractivity contribution in [2.75, 3.05) is 17.3 Å². The van der Waals surface area contributed by atoms with Crippen LogP contribution >= 0.6 is 0 Å². The lowest BCUT2D eigenvalue weighted by Gasteiger charge is -2.17. The number of nitrogens with zero attached hydrogens (tertiary/aromatic N) is 4. The summed E-state index contributed by atoms with van der Waals surface area (Å²) < 4.78 is 1.61. The van der Waals surface area contributed by atoms with Gasteiger partial charge in [0.15, 0.2) is 0 Å². The Morgan fingerprint density at radius 2 is 1.67 bits per heavy atom. The van der Waals surface area contributed by atoms with Crippen molar-refractivity contribution < 1.29 is 9.59 Å². The van der Waals surface area contributed by atoms with Crippen molar-refractivity contribution in [1.29, 1.82) is 0 Å². The minimum absolute atomic E-state index is 0.158. The molecule has 0 saturated heterocycles. The Morgan fingerprint density at radius 3 is 2.37 bits per heavy atom. The third-order valence-corrected chi connectivity index (χ3v) is 4.63. The fourth-order valence-corrected chi connectivity index (χ4v) is 3.00. The van der Waals surface area contributed by atoms with Gasteiger partial charge in [0.2, 0.25) is 0 Å². The summed E-state index contributed by atoms with van der Waals surface area (Å²) in [6.45, 7) is 0. The summed E-state index contributed by atoms with van der Waals surface area (Å²) >= 11 is 0. The Morgan fingerprint density at radius 1 is 0.900 bits per heavy atom. The van der Waals surface area contributed by atoms with E-state index in [1.165, 1.54) is 6.33 Å². The van der Waals surface area contributed by atoms with Crippen LogP contribution in [0.25, 0.3) is 5.69 Å². The lowest BCUT2D eigenvalue weighted by atomic mass is 10.1. The van der Waals surface area contributed by atoms with Gasteiger partial charge in [-0.25, -0.2) is 9.67 Å². The minimum atomic E-state index is -0.263. The van der Waals surface area contributed by atoms with E-state index in [1.54, 1.807) is 71.5 Å². The highest BCUT2D eigenvalue weighted by molar-refractivity contribution is 6.08. The number of rotatable bonds is 5. The van der Waals surface area contributed by atoms with Crippen molar-refractivity contribution in [3.8, 4) is 5.69 Å². The number of amides is 2. The molecule has 1 aromatic heterocycles. The first-order valence-corrected chi connectivity index (χ1v) is 9.31. The van der Waals surface area contributed by atoms with Crippen molar-refractivity contribution in [3.63, 3.8) is 0 Å². The van der Waals surface area contributed by atoms with Crippen LogP contribution in [-0.4, -0.2) is 33.6 Å². The van der Waals surface area contributed by atoms with Crippen LogP contribution < -0.4 is 10.2 Å². The van der Waals surface area contributed by atoms with Crippen molar-refractivity contribution in [3.05, 3.63) is 103 Å². The van der Waals surface area contributed by atoms with Crippen LogP contribution in [-0.2, 0) is 0 Å². The van der Waals surface area contributed by atoms with Crippen molar-refractivity contribution >= 4 is 23.2 Å². The lowest BCUT2D eigenvalue weighted by Crippen LogP contribution is -2.26. The second-order valence-electron chi connectivity index (χ2n) is 6.62. The number of nitrogens with one attached hydrogen (secondary N) is 1. The number of hydrogen-bond acceptors (Lipinski definition) is 4. The minimum Gasteiger partial charge on any atom is -0.322 e. The van der Waals surface area contributed by atoms with Gasteiger partial charge >= 0.3 is 0 Å². The van der Waals surface area contributed by atoms with Crippen molar-refractivity contribution in [1.82, 2.24) is 14.8 Å². The molecule has 0 aliphatic rings. The van der Waals surface area contributed by atoms with Crippen molar-refractivity contribution in [2.24, 2.45) is 0 Å². The van der Waals surface area contributed by atoms with E-state index < -0.39 is 0 Å². The molecule has 1 N–H and O–H groups in total. The zero-order valence-electron chi connectivity index (χ0n) is 16.3. The van der Waals surface area contributed by atoms with E-state index in [2.05, 4.69) is 15.4 Å². The number of hydrogen-bond donors (Lipinski definition) is 1. The molecule has 0 spiro atoms. The smallest absolute Gasteiger partial charge is 0.258 e. The Balaban J connectivity index is 1.47. The number of carbonyl (C=O) groups is 2. The van der Waals surface area contributed by atoms with Gasteiger partial charge < -0.3 is 10.2 Å². The van der Waals surface area contributed by atoms with Crippen LogP contribution in [0, 0.1) is 0 Å². The molecule has 0 aliphatic carbocycles. The van der Waals surface area contributed by atoms with Gasteiger partial charge in [-0.15, -0.1) is 0 Å². The number of benzene rings is 3. The first-order valence-electron chi connectivity index (χ1n) is 9.31. The molecular formula is C23H19N5O2. The molecule has 7 nitrogen and oxygen atoms in total. The zero-order valence-corrected chi connectivity index (χ0v) is 16.3. The molecule has 7 heteroatoms. The predicted molar refractivity (Wildman–Crippen MR) is 115 cm³/mol. The van der Waals surface area contributed by atoms with E-state index in [0.717, 1.165) is 11.4 Å². The highest BCUT2D eigenvalue weighted by Gasteiger charge is 2.14. The summed E-state index contributed by atoms with van der Waals surface area (Å²) in [6.07, 6.45) is 3.04. The van der Waals surface area contributed by atoms with E-state index in [1.807, 2.05) is 30.3 Å². The molecule has 4 aromatic rings. The van der Waals surface area contributed by atoms with Gasteiger partial charge in [-0.2, -0.15) is 5.10 Å². The lowest BCUT2D eigenvalue weighted by molar-refractivity contribution is 0.0990. The van der Waals surface area contributed by atoms with Gasteiger partial charge in [-0.1, -0.05) is 24.3 Å². The van der Waals surface area contributed by atoms with E-state index in [4.69, 9.17) is 0 Å². The molecular weight excluding hydrogens is 378 g/mol. The monoisotopic (exact) mass is 397 g/mol. The first-order chi connectivity index (χ1) is 14.6. The van der Waals surface area contributed by atoms with E-state index >= 15 is 0 Å². The van der Waals surface area contributed by atoms with Gasteiger partial charge in [0.25, 0.3) is 11.8 Å². The Kier molecular flexibility index (Phi) is 5.34. The highest BCUT2D eigenvalue weighted by atomic mass is 16.2. The quantitative estimate of drug-likeness (QED) is 0.556. The highest BCUT2D eigenvalue weighted by Crippen LogP contribution is 2.18. The summed E-state index contributed by atoms with van der Waals surface area (Å²) in [5.74, 6) is -0.421. The molecule has 2 amide bonds. The Hall–Kier alpha value is -4.26. The third-order valence-electron chi connectivity index (χ3n) is 4.63. The zero-order chi connectivity index (χ0) is 20.9. The fraction of sp³-hybridized carbons (Fsp3) is 0.0435. The van der Waals surface area contributed by atoms with Gasteiger partial charge in [0.1, 0.15) is 12.7 Å². The fourth-order valence-electron chi connectivity index (χ4n) is 3.00. The SMILES string of the molecule is CN(C(=O)c1cccc(NC(=O)c2ccc(-n3cncn3)cc2)c1)c1ccccc1. The average molecular weight is 397 g/mol. The summed E-state index contributed by atoms with van der Waals surface area (Å²) in [6, 6.07) is 23.3. The standard InChI is InChI=1S/C23H19N5O2/c1-27(20-8-3-2-4-9-20)23(30)18-6-5-7-19(14-18)26-22(29)17-10-12-21(13-11-17)28-16-24-15-25-28/h2-16H,1H3,(H,26,29). The maximum Gasteiger partial charge on any atom is 0.258 e. The number of carbonyl (C=O) groups excluding carboxylic acids is 2. The van der Waals surface area contributed by atoms with Gasteiger partial charge in [0, 0.05) is 29.5 Å². The molecule has 30 heavy (non-hydrogen) atoms. The summed E-state index contributed by atoms with van der Waals surface area (Å²) in [7, 11) is 1.72.